The third-order valence-corrected chi connectivity index (χ3v) is 6.63. The number of carbonyl (C=O) groups is 5. The smallest absolute Gasteiger partial charge is 0.334 e. The maximum absolute atomic E-state index is 12.9. The largest absolute Gasteiger partial charge is 0.379 e. The number of rotatable bonds is 16. The number of oxime groups is 1. The Bertz CT molecular complexity index is 959. The third-order valence-electron chi connectivity index (χ3n) is 6.63. The van der Waals surface area contributed by atoms with Crippen molar-refractivity contribution < 1.29 is 38.3 Å². The number of amides is 4. The second-order valence-electron chi connectivity index (χ2n) is 11.2. The molecule has 0 spiro atoms. The number of morpholine rings is 1. The van der Waals surface area contributed by atoms with E-state index in [-0.39, 0.29) is 43.8 Å². The summed E-state index contributed by atoms with van der Waals surface area (Å²) in [5, 5.41) is 14.7. The van der Waals surface area contributed by atoms with E-state index in [1.165, 1.54) is 0 Å². The van der Waals surface area contributed by atoms with Crippen molar-refractivity contribution in [3.05, 3.63) is 0 Å². The fourth-order valence-corrected chi connectivity index (χ4v) is 4.11. The van der Waals surface area contributed by atoms with Crippen molar-refractivity contribution in [3.63, 3.8) is 0 Å². The SMILES string of the molecule is CCC(=O)O/N=C(/[C@@H](NC(=O)CNC(=O)[C@H](CC(C)C)NC(=O)CNC(=O)CN1CCOCC1)C(C)C)[C@@]1(C)CO1. The molecule has 0 unspecified atom stereocenters. The van der Waals surface area contributed by atoms with Crippen molar-refractivity contribution in [3.8, 4) is 0 Å². The van der Waals surface area contributed by atoms with Crippen LogP contribution in [0, 0.1) is 11.8 Å². The van der Waals surface area contributed by atoms with Crippen LogP contribution in [0.2, 0.25) is 0 Å². The Balaban J connectivity index is 1.91. The van der Waals surface area contributed by atoms with E-state index in [0.717, 1.165) is 0 Å². The summed E-state index contributed by atoms with van der Waals surface area (Å²) in [4.78, 5) is 69.1. The van der Waals surface area contributed by atoms with Gasteiger partial charge in [-0.1, -0.05) is 39.8 Å². The second-order valence-corrected chi connectivity index (χ2v) is 11.2. The van der Waals surface area contributed by atoms with E-state index in [4.69, 9.17) is 14.3 Å². The Morgan fingerprint density at radius 2 is 1.56 bits per heavy atom. The predicted octanol–water partition coefficient (Wildman–Crippen LogP) is -0.679. The Morgan fingerprint density at radius 3 is 2.12 bits per heavy atom. The minimum atomic E-state index is -0.892. The summed E-state index contributed by atoms with van der Waals surface area (Å²) in [6.07, 6.45) is 0.485. The first-order valence-corrected chi connectivity index (χ1v) is 14.2. The van der Waals surface area contributed by atoms with Gasteiger partial charge in [0, 0.05) is 19.5 Å². The molecule has 2 aliphatic heterocycles. The van der Waals surface area contributed by atoms with Gasteiger partial charge in [0.15, 0.2) is 0 Å². The molecule has 0 radical (unpaired) electrons. The molecular formula is C27H46N6O8. The first-order valence-electron chi connectivity index (χ1n) is 14.2. The number of epoxide rings is 1. The molecule has 0 saturated carbocycles. The Kier molecular flexibility index (Phi) is 13.6. The summed E-state index contributed by atoms with van der Waals surface area (Å²) in [6, 6.07) is -1.50. The van der Waals surface area contributed by atoms with Crippen molar-refractivity contribution in [1.82, 2.24) is 26.2 Å². The second kappa shape index (κ2) is 16.4. The van der Waals surface area contributed by atoms with E-state index in [1.807, 2.05) is 32.6 Å². The normalized spacial score (nSPS) is 20.6. The highest BCUT2D eigenvalue weighted by molar-refractivity contribution is 6.01. The molecule has 0 bridgehead atoms. The van der Waals surface area contributed by atoms with E-state index in [2.05, 4.69) is 26.4 Å². The number of nitrogens with one attached hydrogen (secondary N) is 4. The number of carbonyl (C=O) groups excluding carboxylic acids is 5. The molecule has 14 nitrogen and oxygen atoms in total. The van der Waals surface area contributed by atoms with Gasteiger partial charge in [-0.15, -0.1) is 0 Å². The van der Waals surface area contributed by atoms with Crippen LogP contribution in [0.5, 0.6) is 0 Å². The quantitative estimate of drug-likeness (QED) is 0.0794. The standard InChI is InChI=1S/C27H46N6O8/c1-7-23(37)41-32-25(27(6)16-40-27)24(18(4)5)31-21(35)14-29-26(38)19(12-17(2)3)30-20(34)13-28-22(36)15-33-8-10-39-11-9-33/h17-19,24H,7-16H2,1-6H3,(H,28,36)(H,29,38)(H,30,34)(H,31,35)/b32-25-/t19-,24-,27+/m0/s1. The van der Waals surface area contributed by atoms with Gasteiger partial charge >= 0.3 is 5.97 Å². The van der Waals surface area contributed by atoms with Crippen LogP contribution in [0.3, 0.4) is 0 Å². The lowest BCUT2D eigenvalue weighted by molar-refractivity contribution is -0.143. The summed E-state index contributed by atoms with van der Waals surface area (Å²) in [7, 11) is 0. The van der Waals surface area contributed by atoms with Gasteiger partial charge < -0.3 is 35.6 Å². The lowest BCUT2D eigenvalue weighted by atomic mass is 9.91. The first kappa shape index (κ1) is 34.1. The molecule has 232 valence electrons. The lowest BCUT2D eigenvalue weighted by Gasteiger charge is -2.26. The molecule has 3 atom stereocenters. The molecule has 2 saturated heterocycles. The van der Waals surface area contributed by atoms with Crippen LogP contribution in [0.25, 0.3) is 0 Å². The van der Waals surface area contributed by atoms with Gasteiger partial charge in [-0.3, -0.25) is 24.1 Å². The van der Waals surface area contributed by atoms with Crippen molar-refractivity contribution >= 4 is 35.3 Å². The van der Waals surface area contributed by atoms with E-state index >= 15 is 0 Å². The highest BCUT2D eigenvalue weighted by atomic mass is 16.7. The molecule has 4 amide bonds. The fraction of sp³-hybridized carbons (Fsp3) is 0.778. The van der Waals surface area contributed by atoms with E-state index in [9.17, 15) is 24.0 Å². The molecular weight excluding hydrogens is 536 g/mol. The van der Waals surface area contributed by atoms with Gasteiger partial charge in [0.1, 0.15) is 17.4 Å². The molecule has 2 rings (SSSR count). The van der Waals surface area contributed by atoms with E-state index in [0.29, 0.717) is 45.0 Å². The highest BCUT2D eigenvalue weighted by Gasteiger charge is 2.49. The molecule has 0 aromatic rings. The summed E-state index contributed by atoms with van der Waals surface area (Å²) < 4.78 is 10.8. The summed E-state index contributed by atoms with van der Waals surface area (Å²) in [5.74, 6) is -2.37. The van der Waals surface area contributed by atoms with Crippen LogP contribution in [0.4, 0.5) is 0 Å². The molecule has 2 fully saturated rings. The van der Waals surface area contributed by atoms with Crippen molar-refractivity contribution in [2.75, 3.05) is 52.5 Å². The van der Waals surface area contributed by atoms with E-state index in [1.54, 1.807) is 13.8 Å². The van der Waals surface area contributed by atoms with Gasteiger partial charge in [0.05, 0.1) is 45.5 Å². The minimum Gasteiger partial charge on any atom is -0.379 e. The fourth-order valence-electron chi connectivity index (χ4n) is 4.11. The van der Waals surface area contributed by atoms with Gasteiger partial charge in [0.25, 0.3) is 0 Å². The highest BCUT2D eigenvalue weighted by Crippen LogP contribution is 2.31. The molecule has 2 aliphatic rings. The molecule has 41 heavy (non-hydrogen) atoms. The Hall–Kier alpha value is -3.10. The van der Waals surface area contributed by atoms with Crippen molar-refractivity contribution in [2.24, 2.45) is 17.0 Å². The van der Waals surface area contributed by atoms with Crippen LogP contribution >= 0.6 is 0 Å². The molecule has 0 aromatic carbocycles. The summed E-state index contributed by atoms with van der Waals surface area (Å²) >= 11 is 0. The first-order chi connectivity index (χ1) is 19.3. The zero-order valence-electron chi connectivity index (χ0n) is 25.0. The maximum Gasteiger partial charge on any atom is 0.334 e. The molecule has 2 heterocycles. The van der Waals surface area contributed by atoms with Gasteiger partial charge in [-0.2, -0.15) is 0 Å². The molecule has 4 N–H and O–H groups in total. The Morgan fingerprint density at radius 1 is 0.951 bits per heavy atom. The van der Waals surface area contributed by atoms with Crippen LogP contribution in [-0.4, -0.2) is 110 Å². The average molecular weight is 583 g/mol. The molecule has 0 aromatic heterocycles. The van der Waals surface area contributed by atoms with Crippen LogP contribution in [-0.2, 0) is 38.3 Å². The third kappa shape index (κ3) is 12.1. The predicted molar refractivity (Wildman–Crippen MR) is 150 cm³/mol. The maximum atomic E-state index is 12.9. The summed E-state index contributed by atoms with van der Waals surface area (Å²) in [6.45, 7) is 13.3. The van der Waals surface area contributed by atoms with Crippen LogP contribution in [0.15, 0.2) is 5.16 Å². The lowest BCUT2D eigenvalue weighted by Crippen LogP contribution is -2.54. The summed E-state index contributed by atoms with van der Waals surface area (Å²) in [5.41, 5.74) is -0.376. The number of hydrogen-bond acceptors (Lipinski definition) is 10. The van der Waals surface area contributed by atoms with E-state index < -0.39 is 41.4 Å². The minimum absolute atomic E-state index is 0.0741. The van der Waals surface area contributed by atoms with Gasteiger partial charge in [-0.05, 0) is 25.2 Å². The Labute approximate surface area is 241 Å². The van der Waals surface area contributed by atoms with Gasteiger partial charge in [-0.25, -0.2) is 4.79 Å². The number of nitrogens with zero attached hydrogens (tertiary/aromatic N) is 2. The van der Waals surface area contributed by atoms with Crippen LogP contribution in [0.1, 0.15) is 54.4 Å². The number of hydrogen-bond donors (Lipinski definition) is 4. The van der Waals surface area contributed by atoms with Crippen molar-refractivity contribution in [1.29, 1.82) is 0 Å². The molecule has 0 aliphatic carbocycles. The zero-order valence-corrected chi connectivity index (χ0v) is 25.0. The number of ether oxygens (including phenoxy) is 2. The molecule has 14 heteroatoms. The average Bonchev–Trinajstić information content (AvgIpc) is 3.67. The topological polar surface area (TPSA) is 180 Å². The monoisotopic (exact) mass is 582 g/mol. The van der Waals surface area contributed by atoms with Crippen LogP contribution < -0.4 is 21.3 Å². The van der Waals surface area contributed by atoms with Crippen molar-refractivity contribution in [2.45, 2.75) is 72.1 Å². The zero-order chi connectivity index (χ0) is 30.6. The van der Waals surface area contributed by atoms with Gasteiger partial charge in [0.2, 0.25) is 23.6 Å².